The summed E-state index contributed by atoms with van der Waals surface area (Å²) >= 11 is 0. The molecule has 0 spiro atoms. The Morgan fingerprint density at radius 3 is 2.68 bits per heavy atom. The van der Waals surface area contributed by atoms with E-state index in [1.54, 1.807) is 0 Å². The van der Waals surface area contributed by atoms with Crippen LogP contribution in [0.4, 0.5) is 4.79 Å². The molecule has 2 unspecified atom stereocenters. The summed E-state index contributed by atoms with van der Waals surface area (Å²) in [4.78, 5) is 22.6. The van der Waals surface area contributed by atoms with E-state index in [-0.39, 0.29) is 12.0 Å². The molecule has 0 saturated carbocycles. The number of ether oxygens (including phenoxy) is 1. The fourth-order valence-electron chi connectivity index (χ4n) is 2.12. The zero-order valence-corrected chi connectivity index (χ0v) is 11.6. The first-order valence-electron chi connectivity index (χ1n) is 6.87. The van der Waals surface area contributed by atoms with E-state index in [1.165, 1.54) is 0 Å². The van der Waals surface area contributed by atoms with Gasteiger partial charge in [0, 0.05) is 13.2 Å². The van der Waals surface area contributed by atoms with Crippen molar-refractivity contribution in [2.75, 3.05) is 13.2 Å². The van der Waals surface area contributed by atoms with Gasteiger partial charge in [0.25, 0.3) is 0 Å². The second-order valence-corrected chi connectivity index (χ2v) is 5.34. The van der Waals surface area contributed by atoms with Crippen LogP contribution >= 0.6 is 0 Å². The van der Waals surface area contributed by atoms with Crippen LogP contribution in [0.3, 0.4) is 0 Å². The van der Waals surface area contributed by atoms with E-state index < -0.39 is 18.0 Å². The molecule has 0 aromatic rings. The summed E-state index contributed by atoms with van der Waals surface area (Å²) in [6.45, 7) is 5.15. The van der Waals surface area contributed by atoms with Crippen LogP contribution in [0.2, 0.25) is 0 Å². The van der Waals surface area contributed by atoms with Crippen LogP contribution in [-0.4, -0.2) is 42.4 Å². The van der Waals surface area contributed by atoms with E-state index in [0.717, 1.165) is 25.9 Å². The average Bonchev–Trinajstić information content (AvgIpc) is 2.80. The van der Waals surface area contributed by atoms with Crippen molar-refractivity contribution >= 4 is 12.0 Å². The molecule has 1 aliphatic rings. The SMILES string of the molecule is CC(C)CC(NC(=O)NCCC1CCCO1)C(=O)O. The van der Waals surface area contributed by atoms with E-state index >= 15 is 0 Å². The van der Waals surface area contributed by atoms with Gasteiger partial charge in [-0.05, 0) is 31.6 Å². The summed E-state index contributed by atoms with van der Waals surface area (Å²) in [6, 6.07) is -1.26. The van der Waals surface area contributed by atoms with Gasteiger partial charge in [-0.2, -0.15) is 0 Å². The van der Waals surface area contributed by atoms with Crippen molar-refractivity contribution < 1.29 is 19.4 Å². The first-order valence-corrected chi connectivity index (χ1v) is 6.87. The van der Waals surface area contributed by atoms with Crippen molar-refractivity contribution in [1.82, 2.24) is 10.6 Å². The number of nitrogens with one attached hydrogen (secondary N) is 2. The van der Waals surface area contributed by atoms with Crippen molar-refractivity contribution in [3.63, 3.8) is 0 Å². The van der Waals surface area contributed by atoms with Gasteiger partial charge in [-0.15, -0.1) is 0 Å². The van der Waals surface area contributed by atoms with Crippen LogP contribution in [0.15, 0.2) is 0 Å². The Bertz CT molecular complexity index is 301. The standard InChI is InChI=1S/C13H24N2O4/c1-9(2)8-11(12(16)17)15-13(18)14-6-5-10-4-3-7-19-10/h9-11H,3-8H2,1-2H3,(H,16,17)(H2,14,15,18). The minimum Gasteiger partial charge on any atom is -0.480 e. The third kappa shape index (κ3) is 6.42. The zero-order valence-electron chi connectivity index (χ0n) is 11.6. The highest BCUT2D eigenvalue weighted by atomic mass is 16.5. The summed E-state index contributed by atoms with van der Waals surface area (Å²) < 4.78 is 5.44. The van der Waals surface area contributed by atoms with Gasteiger partial charge in [-0.1, -0.05) is 13.8 Å². The first-order chi connectivity index (χ1) is 8.99. The van der Waals surface area contributed by atoms with Gasteiger partial charge < -0.3 is 20.5 Å². The highest BCUT2D eigenvalue weighted by molar-refractivity contribution is 5.82. The molecule has 1 rings (SSSR count). The second-order valence-electron chi connectivity index (χ2n) is 5.34. The average molecular weight is 272 g/mol. The fourth-order valence-corrected chi connectivity index (χ4v) is 2.12. The summed E-state index contributed by atoms with van der Waals surface area (Å²) in [6.07, 6.45) is 3.54. The quantitative estimate of drug-likeness (QED) is 0.653. The van der Waals surface area contributed by atoms with E-state index in [1.807, 2.05) is 13.8 Å². The largest absolute Gasteiger partial charge is 0.480 e. The Morgan fingerprint density at radius 2 is 2.16 bits per heavy atom. The summed E-state index contributed by atoms with van der Waals surface area (Å²) in [5.41, 5.74) is 0. The molecule has 0 aromatic heterocycles. The molecule has 3 N–H and O–H groups in total. The van der Waals surface area contributed by atoms with E-state index in [0.29, 0.717) is 13.0 Å². The molecule has 19 heavy (non-hydrogen) atoms. The molecule has 6 nitrogen and oxygen atoms in total. The number of carbonyl (C=O) groups is 2. The molecule has 2 amide bonds. The minimum atomic E-state index is -0.997. The van der Waals surface area contributed by atoms with Gasteiger partial charge in [0.05, 0.1) is 6.10 Å². The van der Waals surface area contributed by atoms with Crippen molar-refractivity contribution in [2.45, 2.75) is 51.7 Å². The van der Waals surface area contributed by atoms with Crippen molar-refractivity contribution in [3.8, 4) is 0 Å². The van der Waals surface area contributed by atoms with Crippen molar-refractivity contribution in [2.24, 2.45) is 5.92 Å². The zero-order chi connectivity index (χ0) is 14.3. The normalized spacial score (nSPS) is 20.3. The van der Waals surface area contributed by atoms with Gasteiger partial charge >= 0.3 is 12.0 Å². The van der Waals surface area contributed by atoms with Crippen LogP contribution in [0.25, 0.3) is 0 Å². The van der Waals surface area contributed by atoms with Crippen molar-refractivity contribution in [3.05, 3.63) is 0 Å². The summed E-state index contributed by atoms with van der Waals surface area (Å²) in [7, 11) is 0. The smallest absolute Gasteiger partial charge is 0.326 e. The predicted octanol–water partition coefficient (Wildman–Crippen LogP) is 1.35. The minimum absolute atomic E-state index is 0.216. The Balaban J connectivity index is 2.21. The lowest BCUT2D eigenvalue weighted by atomic mass is 10.0. The first kappa shape index (κ1) is 15.8. The molecule has 1 aliphatic heterocycles. The molecule has 0 aromatic carbocycles. The maximum atomic E-state index is 11.6. The lowest BCUT2D eigenvalue weighted by molar-refractivity contribution is -0.139. The Kier molecular flexibility index (Phi) is 6.62. The molecular formula is C13H24N2O4. The lowest BCUT2D eigenvalue weighted by Crippen LogP contribution is -2.47. The van der Waals surface area contributed by atoms with E-state index in [4.69, 9.17) is 9.84 Å². The fraction of sp³-hybridized carbons (Fsp3) is 0.846. The third-order valence-electron chi connectivity index (χ3n) is 3.09. The topological polar surface area (TPSA) is 87.7 Å². The summed E-state index contributed by atoms with van der Waals surface area (Å²) in [5, 5.41) is 14.2. The molecule has 1 heterocycles. The number of urea groups is 1. The number of hydrogen-bond donors (Lipinski definition) is 3. The molecule has 0 radical (unpaired) electrons. The van der Waals surface area contributed by atoms with Crippen LogP contribution in [0.5, 0.6) is 0 Å². The van der Waals surface area contributed by atoms with E-state index in [2.05, 4.69) is 10.6 Å². The summed E-state index contributed by atoms with van der Waals surface area (Å²) in [5.74, 6) is -0.781. The van der Waals surface area contributed by atoms with Crippen LogP contribution in [0.1, 0.15) is 39.5 Å². The molecule has 110 valence electrons. The van der Waals surface area contributed by atoms with Gasteiger partial charge in [-0.3, -0.25) is 0 Å². The third-order valence-corrected chi connectivity index (χ3v) is 3.09. The number of carbonyl (C=O) groups excluding carboxylic acids is 1. The molecule has 6 heteroatoms. The van der Waals surface area contributed by atoms with Crippen LogP contribution < -0.4 is 10.6 Å². The molecule has 0 aliphatic carbocycles. The number of hydrogen-bond acceptors (Lipinski definition) is 3. The van der Waals surface area contributed by atoms with Crippen molar-refractivity contribution in [1.29, 1.82) is 0 Å². The molecular weight excluding hydrogens is 248 g/mol. The van der Waals surface area contributed by atoms with Gasteiger partial charge in [0.15, 0.2) is 0 Å². The maximum Gasteiger partial charge on any atom is 0.326 e. The predicted molar refractivity (Wildman–Crippen MR) is 71.0 cm³/mol. The molecule has 1 fully saturated rings. The highest BCUT2D eigenvalue weighted by Crippen LogP contribution is 2.14. The molecule has 0 bridgehead atoms. The Hall–Kier alpha value is -1.30. The van der Waals surface area contributed by atoms with Crippen LogP contribution in [-0.2, 0) is 9.53 Å². The van der Waals surface area contributed by atoms with Gasteiger partial charge in [0.1, 0.15) is 6.04 Å². The number of carboxylic acid groups (broad SMARTS) is 1. The number of amides is 2. The van der Waals surface area contributed by atoms with Gasteiger partial charge in [0.2, 0.25) is 0 Å². The maximum absolute atomic E-state index is 11.6. The van der Waals surface area contributed by atoms with Crippen LogP contribution in [0, 0.1) is 5.92 Å². The Labute approximate surface area is 113 Å². The lowest BCUT2D eigenvalue weighted by Gasteiger charge is -2.17. The van der Waals surface area contributed by atoms with E-state index in [9.17, 15) is 9.59 Å². The second kappa shape index (κ2) is 7.99. The number of carboxylic acids is 1. The van der Waals surface area contributed by atoms with Gasteiger partial charge in [-0.25, -0.2) is 9.59 Å². The monoisotopic (exact) mass is 272 g/mol. The number of rotatable bonds is 7. The molecule has 2 atom stereocenters. The Morgan fingerprint density at radius 1 is 1.42 bits per heavy atom. The molecule has 1 saturated heterocycles. The number of aliphatic carboxylic acids is 1. The highest BCUT2D eigenvalue weighted by Gasteiger charge is 2.21.